The minimum Gasteiger partial charge on any atom is -0.453 e. The summed E-state index contributed by atoms with van der Waals surface area (Å²) in [5, 5.41) is 2.73. The zero-order valence-corrected chi connectivity index (χ0v) is 14.0. The van der Waals surface area contributed by atoms with E-state index in [1.807, 2.05) is 24.4 Å². The highest BCUT2D eigenvalue weighted by Crippen LogP contribution is 2.29. The van der Waals surface area contributed by atoms with Crippen LogP contribution in [0.2, 0.25) is 0 Å². The lowest BCUT2D eigenvalue weighted by atomic mass is 9.97. The molecule has 4 N–H and O–H groups in total. The molecule has 24 heavy (non-hydrogen) atoms. The summed E-state index contributed by atoms with van der Waals surface area (Å²) >= 11 is 0. The van der Waals surface area contributed by atoms with E-state index >= 15 is 0 Å². The van der Waals surface area contributed by atoms with Gasteiger partial charge in [0.15, 0.2) is 0 Å². The molecule has 1 aromatic heterocycles. The summed E-state index contributed by atoms with van der Waals surface area (Å²) < 4.78 is 4.66. The van der Waals surface area contributed by atoms with Crippen molar-refractivity contribution >= 4 is 11.8 Å². The van der Waals surface area contributed by atoms with Crippen LogP contribution in [-0.2, 0) is 11.2 Å². The van der Waals surface area contributed by atoms with Gasteiger partial charge in [-0.3, -0.25) is 5.32 Å². The first-order valence-electron chi connectivity index (χ1n) is 8.46. The molecule has 0 aliphatic carbocycles. The maximum Gasteiger partial charge on any atom is 0.411 e. The van der Waals surface area contributed by atoms with Crippen molar-refractivity contribution in [2.45, 2.75) is 44.6 Å². The number of fused-ring (bicyclic) bond motifs is 4. The van der Waals surface area contributed by atoms with E-state index in [1.165, 1.54) is 25.5 Å². The maximum atomic E-state index is 11.4. The Labute approximate surface area is 141 Å². The number of amides is 1. The third-order valence-electron chi connectivity index (χ3n) is 4.49. The highest BCUT2D eigenvalue weighted by Gasteiger charge is 2.15. The van der Waals surface area contributed by atoms with Gasteiger partial charge in [0, 0.05) is 11.3 Å². The van der Waals surface area contributed by atoms with E-state index in [-0.39, 0.29) is 6.04 Å². The van der Waals surface area contributed by atoms with Gasteiger partial charge in [-0.1, -0.05) is 25.3 Å². The Bertz CT molecular complexity index is 711. The molecule has 6 heteroatoms. The fourth-order valence-electron chi connectivity index (χ4n) is 3.14. The van der Waals surface area contributed by atoms with Gasteiger partial charge in [-0.25, -0.2) is 9.78 Å². The second kappa shape index (κ2) is 7.49. The molecule has 1 aliphatic heterocycles. The van der Waals surface area contributed by atoms with Gasteiger partial charge < -0.3 is 15.5 Å². The number of hydrogen-bond acceptors (Lipinski definition) is 4. The molecular formula is C18H24N4O2. The van der Waals surface area contributed by atoms with Gasteiger partial charge in [-0.15, -0.1) is 0 Å². The standard InChI is InChI=1S/C18H24N4O2/c1-24-18(23)21-13-8-9-14-12(10-13)6-4-2-3-5-7-15(19)17-20-11-16(14)22-17/h8-11,15H,2-7,19H2,1H3,(H,20,22)(H,21,23)/t15-/m0/s1. The minimum atomic E-state index is -0.460. The fraction of sp³-hybridized carbons (Fsp3) is 0.444. The Hall–Kier alpha value is -2.34. The average molecular weight is 328 g/mol. The molecule has 2 aromatic rings. The molecule has 128 valence electrons. The smallest absolute Gasteiger partial charge is 0.411 e. The Morgan fingerprint density at radius 2 is 2.17 bits per heavy atom. The van der Waals surface area contributed by atoms with E-state index < -0.39 is 6.09 Å². The number of methoxy groups -OCH3 is 1. The van der Waals surface area contributed by atoms with E-state index in [4.69, 9.17) is 5.73 Å². The van der Waals surface area contributed by atoms with Crippen molar-refractivity contribution in [2.75, 3.05) is 12.4 Å². The number of anilines is 1. The van der Waals surface area contributed by atoms with E-state index in [0.29, 0.717) is 0 Å². The number of H-pyrrole nitrogens is 1. The summed E-state index contributed by atoms with van der Waals surface area (Å²) in [6.07, 6.45) is 7.90. The van der Waals surface area contributed by atoms with Gasteiger partial charge in [0.05, 0.1) is 25.0 Å². The predicted molar refractivity (Wildman–Crippen MR) is 93.8 cm³/mol. The van der Waals surface area contributed by atoms with Gasteiger partial charge in [-0.05, 0) is 37.0 Å². The molecule has 2 bridgehead atoms. The second-order valence-electron chi connectivity index (χ2n) is 6.23. The number of aromatic nitrogens is 2. The second-order valence-corrected chi connectivity index (χ2v) is 6.23. The van der Waals surface area contributed by atoms with Gasteiger partial charge in [-0.2, -0.15) is 0 Å². The van der Waals surface area contributed by atoms with Gasteiger partial charge in [0.1, 0.15) is 5.82 Å². The Morgan fingerprint density at radius 1 is 1.33 bits per heavy atom. The zero-order chi connectivity index (χ0) is 16.9. The summed E-state index contributed by atoms with van der Waals surface area (Å²) in [6.45, 7) is 0. The molecule has 0 fully saturated rings. The number of nitrogens with one attached hydrogen (secondary N) is 2. The summed E-state index contributed by atoms with van der Waals surface area (Å²) in [7, 11) is 1.36. The quantitative estimate of drug-likeness (QED) is 0.743. The molecule has 1 aliphatic rings. The number of ether oxygens (including phenoxy) is 1. The van der Waals surface area contributed by atoms with Crippen molar-refractivity contribution in [1.82, 2.24) is 9.97 Å². The van der Waals surface area contributed by atoms with Gasteiger partial charge in [0.2, 0.25) is 0 Å². The molecule has 1 atom stereocenters. The number of nitrogens with zero attached hydrogens (tertiary/aromatic N) is 1. The van der Waals surface area contributed by atoms with Crippen LogP contribution in [0, 0.1) is 0 Å². The van der Waals surface area contributed by atoms with Gasteiger partial charge >= 0.3 is 6.09 Å². The van der Waals surface area contributed by atoms with Gasteiger partial charge in [0.25, 0.3) is 0 Å². The first-order chi connectivity index (χ1) is 11.7. The third-order valence-corrected chi connectivity index (χ3v) is 4.49. The molecule has 1 aromatic carbocycles. The topological polar surface area (TPSA) is 93.0 Å². The van der Waals surface area contributed by atoms with Crippen molar-refractivity contribution in [3.05, 3.63) is 35.8 Å². The molecule has 0 saturated heterocycles. The Kier molecular flexibility index (Phi) is 5.15. The van der Waals surface area contributed by atoms with Crippen LogP contribution >= 0.6 is 0 Å². The molecule has 3 rings (SSSR count). The molecule has 0 spiro atoms. The maximum absolute atomic E-state index is 11.4. The lowest BCUT2D eigenvalue weighted by molar-refractivity contribution is 0.187. The lowest BCUT2D eigenvalue weighted by Gasteiger charge is -2.13. The van der Waals surface area contributed by atoms with Crippen molar-refractivity contribution in [1.29, 1.82) is 0 Å². The number of rotatable bonds is 1. The molecule has 2 heterocycles. The van der Waals surface area contributed by atoms with Crippen LogP contribution in [0.3, 0.4) is 0 Å². The number of aryl methyl sites for hydroxylation is 1. The number of nitrogens with two attached hydrogens (primary N) is 1. The molecule has 1 amide bonds. The largest absolute Gasteiger partial charge is 0.453 e. The first-order valence-corrected chi connectivity index (χ1v) is 8.46. The highest BCUT2D eigenvalue weighted by molar-refractivity contribution is 5.85. The lowest BCUT2D eigenvalue weighted by Crippen LogP contribution is -2.12. The number of carbonyl (C=O) groups is 1. The fourth-order valence-corrected chi connectivity index (χ4v) is 3.14. The van der Waals surface area contributed by atoms with E-state index in [0.717, 1.165) is 48.5 Å². The van der Waals surface area contributed by atoms with Crippen molar-refractivity contribution in [3.63, 3.8) is 0 Å². The average Bonchev–Trinajstić information content (AvgIpc) is 3.07. The number of carbonyl (C=O) groups excluding carboxylic acids is 1. The predicted octanol–water partition coefficient (Wildman–Crippen LogP) is 3.76. The normalized spacial score (nSPS) is 18.0. The number of benzene rings is 1. The molecule has 0 saturated carbocycles. The molecule has 6 nitrogen and oxygen atoms in total. The van der Waals surface area contributed by atoms with E-state index in [2.05, 4.69) is 20.0 Å². The monoisotopic (exact) mass is 328 g/mol. The van der Waals surface area contributed by atoms with E-state index in [9.17, 15) is 4.79 Å². The van der Waals surface area contributed by atoms with Crippen LogP contribution in [0.4, 0.5) is 10.5 Å². The summed E-state index contributed by atoms with van der Waals surface area (Å²) in [4.78, 5) is 19.2. The SMILES string of the molecule is COC(=O)Nc1ccc2c(c1)CCCCCC[C@H](N)c1ncc-2[nH]1. The summed E-state index contributed by atoms with van der Waals surface area (Å²) in [6, 6.07) is 5.86. The van der Waals surface area contributed by atoms with Crippen LogP contribution in [0.1, 0.15) is 49.5 Å². The number of aromatic amines is 1. The molecule has 0 radical (unpaired) electrons. The zero-order valence-electron chi connectivity index (χ0n) is 14.0. The van der Waals surface area contributed by atoms with Crippen molar-refractivity contribution in [3.8, 4) is 11.3 Å². The Balaban J connectivity index is 1.95. The third kappa shape index (κ3) is 3.76. The Morgan fingerprint density at radius 3 is 3.00 bits per heavy atom. The summed E-state index contributed by atoms with van der Waals surface area (Å²) in [5.74, 6) is 0.841. The van der Waals surface area contributed by atoms with Crippen LogP contribution in [-0.4, -0.2) is 23.2 Å². The number of hydrogen-bond donors (Lipinski definition) is 3. The van der Waals surface area contributed by atoms with Crippen molar-refractivity contribution in [2.24, 2.45) is 5.73 Å². The van der Waals surface area contributed by atoms with Crippen LogP contribution in [0.5, 0.6) is 0 Å². The first kappa shape index (κ1) is 16.5. The van der Waals surface area contributed by atoms with Crippen LogP contribution < -0.4 is 11.1 Å². The van der Waals surface area contributed by atoms with Crippen LogP contribution in [0.15, 0.2) is 24.4 Å². The summed E-state index contributed by atoms with van der Waals surface area (Å²) in [5.41, 5.74) is 10.2. The molecular weight excluding hydrogens is 304 g/mol. The number of imidazole rings is 1. The highest BCUT2D eigenvalue weighted by atomic mass is 16.5. The van der Waals surface area contributed by atoms with Crippen LogP contribution in [0.25, 0.3) is 11.3 Å². The van der Waals surface area contributed by atoms with E-state index in [1.54, 1.807) is 0 Å². The molecule has 0 unspecified atom stereocenters. The minimum absolute atomic E-state index is 0.0399. The van der Waals surface area contributed by atoms with Crippen molar-refractivity contribution < 1.29 is 9.53 Å².